The van der Waals surface area contributed by atoms with Crippen molar-refractivity contribution < 1.29 is 9.53 Å². The molecule has 0 aromatic heterocycles. The number of anilines is 1. The van der Waals surface area contributed by atoms with E-state index in [1.54, 1.807) is 0 Å². The second kappa shape index (κ2) is 5.89. The fraction of sp³-hybridized carbons (Fsp3) is 0.533. The van der Waals surface area contributed by atoms with E-state index in [1.807, 2.05) is 18.2 Å². The Balaban J connectivity index is 1.82. The van der Waals surface area contributed by atoms with Crippen LogP contribution in [-0.4, -0.2) is 18.6 Å². The molecule has 0 radical (unpaired) electrons. The topological polar surface area (TPSA) is 38.3 Å². The molecular formula is C15H21NO2. The molecule has 3 heteroatoms. The van der Waals surface area contributed by atoms with Crippen LogP contribution in [0.25, 0.3) is 0 Å². The van der Waals surface area contributed by atoms with Crippen LogP contribution in [0.3, 0.4) is 0 Å². The number of benzene rings is 1. The summed E-state index contributed by atoms with van der Waals surface area (Å²) >= 11 is 0. The van der Waals surface area contributed by atoms with Gasteiger partial charge in [0.15, 0.2) is 0 Å². The summed E-state index contributed by atoms with van der Waals surface area (Å²) < 4.78 is 5.37. The van der Waals surface area contributed by atoms with Gasteiger partial charge < -0.3 is 10.1 Å². The number of hydrogen-bond donors (Lipinski definition) is 1. The van der Waals surface area contributed by atoms with Gasteiger partial charge in [-0.25, -0.2) is 4.79 Å². The molecular weight excluding hydrogens is 226 g/mol. The first-order valence-electron chi connectivity index (χ1n) is 6.71. The molecule has 0 amide bonds. The molecule has 0 bridgehead atoms. The average molecular weight is 247 g/mol. The monoisotopic (exact) mass is 247 g/mol. The van der Waals surface area contributed by atoms with Gasteiger partial charge in [0.1, 0.15) is 6.04 Å². The average Bonchev–Trinajstić information content (AvgIpc) is 2.80. The number of para-hydroxylation sites is 1. The van der Waals surface area contributed by atoms with Crippen molar-refractivity contribution in [1.29, 1.82) is 0 Å². The summed E-state index contributed by atoms with van der Waals surface area (Å²) in [6, 6.07) is 7.81. The summed E-state index contributed by atoms with van der Waals surface area (Å²) in [5.41, 5.74) is 2.25. The van der Waals surface area contributed by atoms with Crippen molar-refractivity contribution in [3.8, 4) is 0 Å². The van der Waals surface area contributed by atoms with Crippen molar-refractivity contribution in [2.24, 2.45) is 5.92 Å². The Morgan fingerprint density at radius 3 is 3.00 bits per heavy atom. The number of rotatable bonds is 5. The summed E-state index contributed by atoms with van der Waals surface area (Å²) in [5, 5.41) is 3.22. The minimum absolute atomic E-state index is 0.130. The Morgan fingerprint density at radius 2 is 2.28 bits per heavy atom. The standard InChI is InChI=1S/C15H21NO2/c1-3-6-11(2)10-18-15(17)14-9-12-7-4-5-8-13(12)16-14/h4-5,7-8,11,14,16H,3,6,9-10H2,1-2H3/t11?,14-/m0/s1. The van der Waals surface area contributed by atoms with Crippen LogP contribution in [0, 0.1) is 5.92 Å². The summed E-state index contributed by atoms with van der Waals surface area (Å²) in [6.07, 6.45) is 2.97. The number of carbonyl (C=O) groups is 1. The third kappa shape index (κ3) is 3.03. The highest BCUT2D eigenvalue weighted by Crippen LogP contribution is 2.25. The molecule has 1 aliphatic rings. The van der Waals surface area contributed by atoms with Crippen LogP contribution in [0.4, 0.5) is 5.69 Å². The van der Waals surface area contributed by atoms with Gasteiger partial charge in [0.05, 0.1) is 6.61 Å². The van der Waals surface area contributed by atoms with E-state index in [2.05, 4.69) is 25.2 Å². The second-order valence-electron chi connectivity index (χ2n) is 5.08. The lowest BCUT2D eigenvalue weighted by Gasteiger charge is -2.14. The number of esters is 1. The number of hydrogen-bond acceptors (Lipinski definition) is 3. The van der Waals surface area contributed by atoms with Crippen LogP contribution in [0.1, 0.15) is 32.3 Å². The number of fused-ring (bicyclic) bond motifs is 1. The van der Waals surface area contributed by atoms with Crippen LogP contribution >= 0.6 is 0 Å². The molecule has 0 saturated carbocycles. The van der Waals surface area contributed by atoms with Gasteiger partial charge in [-0.1, -0.05) is 38.5 Å². The quantitative estimate of drug-likeness (QED) is 0.813. The lowest BCUT2D eigenvalue weighted by atomic mass is 10.1. The molecule has 3 nitrogen and oxygen atoms in total. The predicted octanol–water partition coefficient (Wildman–Crippen LogP) is 3.00. The van der Waals surface area contributed by atoms with Gasteiger partial charge in [-0.15, -0.1) is 0 Å². The number of ether oxygens (including phenoxy) is 1. The van der Waals surface area contributed by atoms with Gasteiger partial charge in [0.25, 0.3) is 0 Å². The molecule has 0 saturated heterocycles. The molecule has 1 aromatic rings. The van der Waals surface area contributed by atoms with Crippen LogP contribution in [-0.2, 0) is 16.0 Å². The van der Waals surface area contributed by atoms with E-state index >= 15 is 0 Å². The molecule has 1 heterocycles. The van der Waals surface area contributed by atoms with Crippen molar-refractivity contribution in [3.63, 3.8) is 0 Å². The van der Waals surface area contributed by atoms with Crippen LogP contribution in [0.5, 0.6) is 0 Å². The van der Waals surface area contributed by atoms with Crippen LogP contribution in [0.2, 0.25) is 0 Å². The van der Waals surface area contributed by atoms with E-state index in [4.69, 9.17) is 4.74 Å². The fourth-order valence-electron chi connectivity index (χ4n) is 2.34. The van der Waals surface area contributed by atoms with Gasteiger partial charge in [0, 0.05) is 12.1 Å². The summed E-state index contributed by atoms with van der Waals surface area (Å²) in [5.74, 6) is 0.317. The zero-order valence-electron chi connectivity index (χ0n) is 11.1. The van der Waals surface area contributed by atoms with E-state index in [9.17, 15) is 4.79 Å². The minimum atomic E-state index is -0.212. The van der Waals surface area contributed by atoms with Crippen molar-refractivity contribution in [2.45, 2.75) is 39.2 Å². The maximum atomic E-state index is 11.9. The summed E-state index contributed by atoms with van der Waals surface area (Å²) in [7, 11) is 0. The first-order chi connectivity index (χ1) is 8.70. The summed E-state index contributed by atoms with van der Waals surface area (Å²) in [4.78, 5) is 11.9. The van der Waals surface area contributed by atoms with E-state index in [0.29, 0.717) is 12.5 Å². The Bertz CT molecular complexity index is 392. The van der Waals surface area contributed by atoms with Gasteiger partial charge in [-0.3, -0.25) is 0 Å². The Hall–Kier alpha value is -1.51. The van der Waals surface area contributed by atoms with Crippen LogP contribution in [0.15, 0.2) is 24.3 Å². The fourth-order valence-corrected chi connectivity index (χ4v) is 2.34. The minimum Gasteiger partial charge on any atom is -0.464 e. The zero-order chi connectivity index (χ0) is 13.0. The molecule has 0 aliphatic carbocycles. The molecule has 98 valence electrons. The number of nitrogens with one attached hydrogen (secondary N) is 1. The Labute approximate surface area is 109 Å². The number of carbonyl (C=O) groups excluding carboxylic acids is 1. The van der Waals surface area contributed by atoms with E-state index in [0.717, 1.165) is 24.9 Å². The normalized spacial score (nSPS) is 18.9. The van der Waals surface area contributed by atoms with Gasteiger partial charge in [0.2, 0.25) is 0 Å². The highest BCUT2D eigenvalue weighted by Gasteiger charge is 2.27. The first kappa shape index (κ1) is 12.9. The predicted molar refractivity (Wildman–Crippen MR) is 72.6 cm³/mol. The summed E-state index contributed by atoms with van der Waals surface area (Å²) in [6.45, 7) is 4.79. The van der Waals surface area contributed by atoms with Crippen LogP contribution < -0.4 is 5.32 Å². The highest BCUT2D eigenvalue weighted by molar-refractivity contribution is 5.82. The van der Waals surface area contributed by atoms with E-state index in [-0.39, 0.29) is 12.0 Å². The molecule has 2 rings (SSSR count). The smallest absolute Gasteiger partial charge is 0.328 e. The molecule has 0 fully saturated rings. The second-order valence-corrected chi connectivity index (χ2v) is 5.08. The zero-order valence-corrected chi connectivity index (χ0v) is 11.1. The van der Waals surface area contributed by atoms with E-state index in [1.165, 1.54) is 5.56 Å². The van der Waals surface area contributed by atoms with E-state index < -0.39 is 0 Å². The maximum Gasteiger partial charge on any atom is 0.328 e. The SMILES string of the molecule is CCCC(C)COC(=O)[C@@H]1Cc2ccccc2N1. The Kier molecular flexibility index (Phi) is 4.24. The highest BCUT2D eigenvalue weighted by atomic mass is 16.5. The van der Waals surface area contributed by atoms with Crippen molar-refractivity contribution in [2.75, 3.05) is 11.9 Å². The molecule has 1 N–H and O–H groups in total. The molecule has 1 aliphatic heterocycles. The third-order valence-corrected chi connectivity index (χ3v) is 3.35. The molecule has 0 spiro atoms. The molecule has 1 unspecified atom stereocenters. The van der Waals surface area contributed by atoms with Crippen molar-refractivity contribution in [3.05, 3.63) is 29.8 Å². The van der Waals surface area contributed by atoms with Gasteiger partial charge in [-0.05, 0) is 24.0 Å². The van der Waals surface area contributed by atoms with Crippen molar-refractivity contribution >= 4 is 11.7 Å². The lowest BCUT2D eigenvalue weighted by molar-refractivity contribution is -0.145. The molecule has 18 heavy (non-hydrogen) atoms. The maximum absolute atomic E-state index is 11.9. The van der Waals surface area contributed by atoms with Crippen molar-refractivity contribution in [1.82, 2.24) is 0 Å². The third-order valence-electron chi connectivity index (χ3n) is 3.35. The lowest BCUT2D eigenvalue weighted by Crippen LogP contribution is -2.30. The largest absolute Gasteiger partial charge is 0.464 e. The van der Waals surface area contributed by atoms with Gasteiger partial charge in [-0.2, -0.15) is 0 Å². The van der Waals surface area contributed by atoms with Gasteiger partial charge >= 0.3 is 5.97 Å². The Morgan fingerprint density at radius 1 is 1.50 bits per heavy atom. The molecule has 2 atom stereocenters. The first-order valence-corrected chi connectivity index (χ1v) is 6.71. The molecule has 1 aromatic carbocycles.